The van der Waals surface area contributed by atoms with Gasteiger partial charge in [-0.3, -0.25) is 9.59 Å². The average Bonchev–Trinajstić information content (AvgIpc) is 2.86. The zero-order chi connectivity index (χ0) is 18.9. The van der Waals surface area contributed by atoms with Crippen LogP contribution in [0.25, 0.3) is 0 Å². The molecule has 3 saturated carbocycles. The van der Waals surface area contributed by atoms with Crippen LogP contribution in [0.4, 0.5) is 0 Å². The molecule has 4 unspecified atom stereocenters. The zero-order valence-electron chi connectivity index (χ0n) is 15.4. The summed E-state index contributed by atoms with van der Waals surface area (Å²) < 4.78 is 0. The van der Waals surface area contributed by atoms with Crippen LogP contribution in [0, 0.1) is 28.6 Å². The standard InChI is InChI=1S/C21H28O5/c1-19-7-5-13(23)9-12(19)3-4-14-15-6-8-21(26,17(25)11-22)20(15,2)10-16(24)18(14)19/h5,7,9,13-15,18,22-23,26H,3-4,6,8,10-11H2,1-2H3/t13?,14?,15?,18?,19-,20-,21-/m0/s1. The summed E-state index contributed by atoms with van der Waals surface area (Å²) in [4.78, 5) is 25.6. The second kappa shape index (κ2) is 5.60. The Kier molecular flexibility index (Phi) is 3.89. The molecule has 142 valence electrons. The second-order valence-electron chi connectivity index (χ2n) is 9.15. The molecule has 0 aliphatic heterocycles. The van der Waals surface area contributed by atoms with Crippen molar-refractivity contribution in [1.29, 1.82) is 0 Å². The largest absolute Gasteiger partial charge is 0.388 e. The van der Waals surface area contributed by atoms with E-state index in [-0.39, 0.29) is 35.4 Å². The Morgan fingerprint density at radius 2 is 2.04 bits per heavy atom. The number of allylic oxidation sites excluding steroid dienone is 2. The second-order valence-corrected chi connectivity index (χ2v) is 9.15. The van der Waals surface area contributed by atoms with E-state index in [4.69, 9.17) is 0 Å². The summed E-state index contributed by atoms with van der Waals surface area (Å²) in [6.45, 7) is 3.26. The van der Waals surface area contributed by atoms with Gasteiger partial charge in [0.05, 0.1) is 6.10 Å². The number of hydrogen-bond acceptors (Lipinski definition) is 5. The summed E-state index contributed by atoms with van der Waals surface area (Å²) >= 11 is 0. The van der Waals surface area contributed by atoms with E-state index in [9.17, 15) is 24.9 Å². The molecule has 0 amide bonds. The molecular weight excluding hydrogens is 332 g/mol. The topological polar surface area (TPSA) is 94.8 Å². The first-order valence-corrected chi connectivity index (χ1v) is 9.65. The first kappa shape index (κ1) is 18.1. The van der Waals surface area contributed by atoms with Crippen molar-refractivity contribution in [3.05, 3.63) is 23.8 Å². The van der Waals surface area contributed by atoms with Gasteiger partial charge in [-0.05, 0) is 37.5 Å². The first-order valence-electron chi connectivity index (χ1n) is 9.65. The highest BCUT2D eigenvalue weighted by molar-refractivity contribution is 5.92. The van der Waals surface area contributed by atoms with E-state index in [0.717, 1.165) is 18.4 Å². The normalized spacial score (nSPS) is 49.9. The van der Waals surface area contributed by atoms with Crippen LogP contribution in [-0.4, -0.2) is 45.2 Å². The average molecular weight is 360 g/mol. The Hall–Kier alpha value is -1.30. The lowest BCUT2D eigenvalue weighted by molar-refractivity contribution is -0.168. The van der Waals surface area contributed by atoms with Gasteiger partial charge in [0.1, 0.15) is 18.0 Å². The van der Waals surface area contributed by atoms with Crippen molar-refractivity contribution in [3.63, 3.8) is 0 Å². The Morgan fingerprint density at radius 3 is 2.73 bits per heavy atom. The number of carbonyl (C=O) groups is 2. The van der Waals surface area contributed by atoms with Crippen molar-refractivity contribution in [3.8, 4) is 0 Å². The predicted octanol–water partition coefficient (Wildman–Crippen LogP) is 1.56. The van der Waals surface area contributed by atoms with Gasteiger partial charge in [-0.25, -0.2) is 0 Å². The van der Waals surface area contributed by atoms with Crippen molar-refractivity contribution in [2.24, 2.45) is 28.6 Å². The lowest BCUT2D eigenvalue weighted by atomic mass is 9.46. The smallest absolute Gasteiger partial charge is 0.190 e. The number of hydrogen-bond donors (Lipinski definition) is 3. The Morgan fingerprint density at radius 1 is 1.31 bits per heavy atom. The van der Waals surface area contributed by atoms with Gasteiger partial charge >= 0.3 is 0 Å². The van der Waals surface area contributed by atoms with E-state index < -0.39 is 29.5 Å². The summed E-state index contributed by atoms with van der Waals surface area (Å²) in [5.74, 6) is -0.435. The third-order valence-electron chi connectivity index (χ3n) is 8.12. The van der Waals surface area contributed by atoms with Gasteiger partial charge in [-0.15, -0.1) is 0 Å². The van der Waals surface area contributed by atoms with Crippen LogP contribution in [0.15, 0.2) is 23.8 Å². The third kappa shape index (κ3) is 2.08. The molecule has 4 aliphatic carbocycles. The fourth-order valence-electron chi connectivity index (χ4n) is 6.74. The quantitative estimate of drug-likeness (QED) is 0.650. The van der Waals surface area contributed by atoms with Crippen LogP contribution in [0.2, 0.25) is 0 Å². The Bertz CT molecular complexity index is 724. The Balaban J connectivity index is 1.75. The molecule has 0 heterocycles. The van der Waals surface area contributed by atoms with Crippen LogP contribution < -0.4 is 0 Å². The van der Waals surface area contributed by atoms with Gasteiger partial charge in [0.2, 0.25) is 0 Å². The summed E-state index contributed by atoms with van der Waals surface area (Å²) in [5.41, 5.74) is -1.67. The van der Waals surface area contributed by atoms with Crippen LogP contribution in [0.3, 0.4) is 0 Å². The van der Waals surface area contributed by atoms with E-state index in [0.29, 0.717) is 12.8 Å². The molecule has 3 N–H and O–H groups in total. The molecule has 0 radical (unpaired) electrons. The van der Waals surface area contributed by atoms with Gasteiger partial charge in [0.25, 0.3) is 0 Å². The number of fused-ring (bicyclic) bond motifs is 5. The van der Waals surface area contributed by atoms with Gasteiger partial charge in [-0.2, -0.15) is 0 Å². The number of Topliss-reactive ketones (excluding diaryl/α,β-unsaturated/α-hetero) is 2. The van der Waals surface area contributed by atoms with Gasteiger partial charge in [0, 0.05) is 23.2 Å². The maximum atomic E-state index is 13.3. The van der Waals surface area contributed by atoms with Crippen molar-refractivity contribution < 1.29 is 24.9 Å². The first-order chi connectivity index (χ1) is 12.2. The van der Waals surface area contributed by atoms with Crippen molar-refractivity contribution in [2.45, 2.75) is 57.7 Å². The van der Waals surface area contributed by atoms with Crippen molar-refractivity contribution in [2.75, 3.05) is 6.61 Å². The Labute approximate surface area is 153 Å². The lowest BCUT2D eigenvalue weighted by Gasteiger charge is -2.57. The van der Waals surface area contributed by atoms with E-state index in [1.54, 1.807) is 6.08 Å². The fraction of sp³-hybridized carbons (Fsp3) is 0.714. The molecule has 5 nitrogen and oxygen atoms in total. The minimum absolute atomic E-state index is 0.0873. The maximum Gasteiger partial charge on any atom is 0.190 e. The highest BCUT2D eigenvalue weighted by Gasteiger charge is 2.68. The van der Waals surface area contributed by atoms with Crippen LogP contribution in [0.5, 0.6) is 0 Å². The maximum absolute atomic E-state index is 13.3. The number of carbonyl (C=O) groups excluding carboxylic acids is 2. The van der Waals surface area contributed by atoms with E-state index in [1.165, 1.54) is 0 Å². The third-order valence-corrected chi connectivity index (χ3v) is 8.12. The van der Waals surface area contributed by atoms with E-state index in [1.807, 2.05) is 19.1 Å². The molecule has 0 bridgehead atoms. The SMILES string of the molecule is C[C@]12C=CC(O)C=C1CCC1C2C(=O)C[C@@]2(C)C1CC[C@]2(O)C(=O)CO. The number of rotatable bonds is 2. The van der Waals surface area contributed by atoms with Crippen LogP contribution >= 0.6 is 0 Å². The predicted molar refractivity (Wildman–Crippen MR) is 95.0 cm³/mol. The molecular formula is C21H28O5. The fourth-order valence-corrected chi connectivity index (χ4v) is 6.74. The van der Waals surface area contributed by atoms with Crippen molar-refractivity contribution in [1.82, 2.24) is 0 Å². The molecule has 4 rings (SSSR count). The minimum atomic E-state index is -1.61. The van der Waals surface area contributed by atoms with E-state index in [2.05, 4.69) is 6.92 Å². The highest BCUT2D eigenvalue weighted by Crippen LogP contribution is 2.66. The number of ketones is 2. The minimum Gasteiger partial charge on any atom is -0.388 e. The summed E-state index contributed by atoms with van der Waals surface area (Å²) in [5, 5.41) is 30.4. The highest BCUT2D eigenvalue weighted by atomic mass is 16.3. The van der Waals surface area contributed by atoms with Crippen LogP contribution in [0.1, 0.15) is 46.0 Å². The van der Waals surface area contributed by atoms with Crippen LogP contribution in [-0.2, 0) is 9.59 Å². The summed E-state index contributed by atoms with van der Waals surface area (Å²) in [6, 6.07) is 0. The lowest BCUT2D eigenvalue weighted by Crippen LogP contribution is -2.60. The molecule has 26 heavy (non-hydrogen) atoms. The monoisotopic (exact) mass is 360 g/mol. The molecule has 0 aromatic carbocycles. The number of aliphatic hydroxyl groups is 3. The molecule has 0 saturated heterocycles. The van der Waals surface area contributed by atoms with Gasteiger partial charge in [0.15, 0.2) is 5.78 Å². The molecule has 0 aromatic heterocycles. The number of aliphatic hydroxyl groups excluding tert-OH is 2. The van der Waals surface area contributed by atoms with Gasteiger partial charge < -0.3 is 15.3 Å². The molecule has 3 fully saturated rings. The molecule has 4 aliphatic rings. The molecule has 0 spiro atoms. The molecule has 5 heteroatoms. The molecule has 7 atom stereocenters. The molecule has 0 aromatic rings. The van der Waals surface area contributed by atoms with E-state index >= 15 is 0 Å². The zero-order valence-corrected chi connectivity index (χ0v) is 15.4. The summed E-state index contributed by atoms with van der Waals surface area (Å²) in [6.07, 6.45) is 7.88. The van der Waals surface area contributed by atoms with Crippen molar-refractivity contribution >= 4 is 11.6 Å². The van der Waals surface area contributed by atoms with Gasteiger partial charge in [-0.1, -0.05) is 37.6 Å². The summed E-state index contributed by atoms with van der Waals surface area (Å²) in [7, 11) is 0.